The molecule has 0 aliphatic carbocycles. The van der Waals surface area contributed by atoms with E-state index >= 15 is 0 Å². The zero-order valence-electron chi connectivity index (χ0n) is 13.4. The topological polar surface area (TPSA) is 82.1 Å². The van der Waals surface area contributed by atoms with Crippen molar-refractivity contribution in [2.45, 2.75) is 25.4 Å². The fourth-order valence-corrected chi connectivity index (χ4v) is 2.95. The van der Waals surface area contributed by atoms with Gasteiger partial charge in [-0.1, -0.05) is 12.1 Å². The number of hydrogen-bond acceptors (Lipinski definition) is 4. The minimum atomic E-state index is -1.19. The molecule has 24 heavy (non-hydrogen) atoms. The number of allylic oxidation sites excluding steroid dienone is 1. The van der Waals surface area contributed by atoms with Crippen molar-refractivity contribution in [3.63, 3.8) is 0 Å². The van der Waals surface area contributed by atoms with Gasteiger partial charge < -0.3 is 10.0 Å². The summed E-state index contributed by atoms with van der Waals surface area (Å²) in [6, 6.07) is 6.11. The number of aromatic nitrogens is 3. The van der Waals surface area contributed by atoms with E-state index in [1.807, 2.05) is 0 Å². The lowest BCUT2D eigenvalue weighted by atomic mass is 9.90. The number of β-amino-alcohol motifs (C(OH)–C–C–N with tert-alkyl or cyclic N) is 1. The normalized spacial score (nSPS) is 21.8. The Morgan fingerprint density at radius 3 is 3.04 bits per heavy atom. The molecule has 126 valence electrons. The summed E-state index contributed by atoms with van der Waals surface area (Å²) in [5.41, 5.74) is 0.578. The number of nitrogens with zero attached hydrogens (tertiary/aromatic N) is 3. The molecule has 2 heterocycles. The predicted molar refractivity (Wildman–Crippen MR) is 86.1 cm³/mol. The molecular weight excluding hydrogens is 311 g/mol. The number of carbonyl (C=O) groups is 1. The molecule has 1 aliphatic rings. The Morgan fingerprint density at radius 1 is 1.50 bits per heavy atom. The fourth-order valence-electron chi connectivity index (χ4n) is 2.95. The third-order valence-electron chi connectivity index (χ3n) is 4.29. The lowest BCUT2D eigenvalue weighted by Gasteiger charge is -2.37. The average Bonchev–Trinajstić information content (AvgIpc) is 3.10. The summed E-state index contributed by atoms with van der Waals surface area (Å²) in [7, 11) is 0. The highest BCUT2D eigenvalue weighted by atomic mass is 19.1. The molecule has 0 radical (unpaired) electrons. The van der Waals surface area contributed by atoms with E-state index in [0.717, 1.165) is 0 Å². The first-order valence-electron chi connectivity index (χ1n) is 7.80. The molecule has 1 fully saturated rings. The van der Waals surface area contributed by atoms with Gasteiger partial charge in [-0.2, -0.15) is 15.4 Å². The van der Waals surface area contributed by atoms with Gasteiger partial charge in [0.15, 0.2) is 0 Å². The fraction of sp³-hybridized carbons (Fsp3) is 0.353. The van der Waals surface area contributed by atoms with Crippen molar-refractivity contribution in [3.8, 4) is 0 Å². The Morgan fingerprint density at radius 2 is 2.33 bits per heavy atom. The zero-order chi connectivity index (χ0) is 17.2. The molecule has 6 nitrogen and oxygen atoms in total. The van der Waals surface area contributed by atoms with Crippen molar-refractivity contribution in [1.29, 1.82) is 0 Å². The second kappa shape index (κ2) is 6.52. The van der Waals surface area contributed by atoms with Crippen molar-refractivity contribution in [2.75, 3.05) is 13.1 Å². The van der Waals surface area contributed by atoms with Gasteiger partial charge in [0, 0.05) is 12.6 Å². The van der Waals surface area contributed by atoms with Crippen LogP contribution in [0, 0.1) is 5.82 Å². The third-order valence-corrected chi connectivity index (χ3v) is 4.29. The van der Waals surface area contributed by atoms with Crippen LogP contribution in [0.15, 0.2) is 36.5 Å². The highest BCUT2D eigenvalue weighted by Gasteiger charge is 2.38. The van der Waals surface area contributed by atoms with Crippen LogP contribution in [0.4, 0.5) is 4.39 Å². The lowest BCUT2D eigenvalue weighted by molar-refractivity contribution is -0.133. The smallest absolute Gasteiger partial charge is 0.246 e. The van der Waals surface area contributed by atoms with Crippen LogP contribution >= 0.6 is 0 Å². The number of halogens is 1. The minimum Gasteiger partial charge on any atom is -0.382 e. The Labute approximate surface area is 139 Å². The number of aromatic amines is 1. The zero-order valence-corrected chi connectivity index (χ0v) is 13.4. The molecule has 2 N–H and O–H groups in total. The first-order valence-corrected chi connectivity index (χ1v) is 7.80. The number of carbonyl (C=O) groups excluding carboxylic acids is 1. The lowest BCUT2D eigenvalue weighted by Crippen LogP contribution is -2.48. The van der Waals surface area contributed by atoms with Gasteiger partial charge in [-0.05, 0) is 43.0 Å². The number of nitrogens with one attached hydrogen (secondary N) is 1. The molecule has 1 saturated heterocycles. The number of benzene rings is 1. The molecule has 3 rings (SSSR count). The Hall–Kier alpha value is -2.54. The minimum absolute atomic E-state index is 0.158. The molecule has 1 amide bonds. The van der Waals surface area contributed by atoms with E-state index in [0.29, 0.717) is 36.2 Å². The van der Waals surface area contributed by atoms with E-state index in [2.05, 4.69) is 15.4 Å². The number of aliphatic hydroxyl groups is 1. The first kappa shape index (κ1) is 16.3. The Balaban J connectivity index is 1.76. The first-order chi connectivity index (χ1) is 11.5. The Kier molecular flexibility index (Phi) is 4.44. The van der Waals surface area contributed by atoms with Gasteiger partial charge >= 0.3 is 0 Å². The number of amides is 1. The summed E-state index contributed by atoms with van der Waals surface area (Å²) >= 11 is 0. The van der Waals surface area contributed by atoms with Crippen molar-refractivity contribution in [2.24, 2.45) is 0 Å². The number of H-pyrrole nitrogens is 1. The second-order valence-corrected chi connectivity index (χ2v) is 6.09. The quantitative estimate of drug-likeness (QED) is 0.842. The summed E-state index contributed by atoms with van der Waals surface area (Å²) < 4.78 is 13.3. The van der Waals surface area contributed by atoms with Crippen LogP contribution in [0.2, 0.25) is 0 Å². The maximum absolute atomic E-state index is 13.3. The van der Waals surface area contributed by atoms with E-state index in [1.54, 1.807) is 24.0 Å². The number of hydrogen-bond donors (Lipinski definition) is 2. The van der Waals surface area contributed by atoms with Crippen molar-refractivity contribution in [3.05, 3.63) is 53.6 Å². The van der Waals surface area contributed by atoms with Crippen LogP contribution < -0.4 is 0 Å². The van der Waals surface area contributed by atoms with Gasteiger partial charge in [-0.25, -0.2) is 4.39 Å². The second-order valence-electron chi connectivity index (χ2n) is 6.09. The van der Waals surface area contributed by atoms with Crippen LogP contribution in [0.25, 0.3) is 5.57 Å². The molecule has 1 unspecified atom stereocenters. The highest BCUT2D eigenvalue weighted by Crippen LogP contribution is 2.30. The number of piperidine rings is 1. The molecule has 0 saturated carbocycles. The van der Waals surface area contributed by atoms with Gasteiger partial charge in [0.2, 0.25) is 5.91 Å². The van der Waals surface area contributed by atoms with Crippen LogP contribution in [0.5, 0.6) is 0 Å². The maximum atomic E-state index is 13.3. The van der Waals surface area contributed by atoms with Gasteiger partial charge in [0.1, 0.15) is 17.1 Å². The molecule has 1 aromatic carbocycles. The van der Waals surface area contributed by atoms with E-state index < -0.39 is 5.60 Å². The molecule has 7 heteroatoms. The molecule has 1 atom stereocenters. The highest BCUT2D eigenvalue weighted by molar-refractivity contribution is 5.95. The van der Waals surface area contributed by atoms with Crippen molar-refractivity contribution >= 4 is 11.5 Å². The van der Waals surface area contributed by atoms with Crippen molar-refractivity contribution < 1.29 is 14.3 Å². The summed E-state index contributed by atoms with van der Waals surface area (Å²) in [4.78, 5) is 14.1. The van der Waals surface area contributed by atoms with E-state index in [1.165, 1.54) is 24.4 Å². The largest absolute Gasteiger partial charge is 0.382 e. The monoisotopic (exact) mass is 330 g/mol. The van der Waals surface area contributed by atoms with E-state index in [-0.39, 0.29) is 18.3 Å². The van der Waals surface area contributed by atoms with Crippen LogP contribution in [-0.4, -0.2) is 44.4 Å². The predicted octanol–water partition coefficient (Wildman–Crippen LogP) is 1.86. The van der Waals surface area contributed by atoms with E-state index in [9.17, 15) is 14.3 Å². The summed E-state index contributed by atoms with van der Waals surface area (Å²) in [5.74, 6) is -0.551. The standard InChI is InChI=1S/C17H19FN4O2/c1-12(13-4-2-5-14(18)9-13)8-16(23)22-7-3-6-17(24,11-22)15-10-19-21-20-15/h2,4-5,8-10,24H,3,6-7,11H2,1H3,(H,19,20,21)/b12-8+. The molecule has 2 aromatic rings. The van der Waals surface area contributed by atoms with Gasteiger partial charge in [-0.3, -0.25) is 4.79 Å². The van der Waals surface area contributed by atoms with E-state index in [4.69, 9.17) is 0 Å². The number of likely N-dealkylation sites (tertiary alicyclic amines) is 1. The van der Waals surface area contributed by atoms with Crippen LogP contribution in [0.1, 0.15) is 31.0 Å². The molecule has 1 aromatic heterocycles. The van der Waals surface area contributed by atoms with Gasteiger partial charge in [-0.15, -0.1) is 0 Å². The summed E-state index contributed by atoms with van der Waals surface area (Å²) in [5, 5.41) is 20.9. The summed E-state index contributed by atoms with van der Waals surface area (Å²) in [6.07, 6.45) is 4.14. The van der Waals surface area contributed by atoms with Gasteiger partial charge in [0.25, 0.3) is 0 Å². The molecule has 1 aliphatic heterocycles. The van der Waals surface area contributed by atoms with Gasteiger partial charge in [0.05, 0.1) is 12.7 Å². The van der Waals surface area contributed by atoms with Crippen LogP contribution in [0.3, 0.4) is 0 Å². The summed E-state index contributed by atoms with van der Waals surface area (Å²) in [6.45, 7) is 2.48. The molecule has 0 spiro atoms. The molecular formula is C17H19FN4O2. The maximum Gasteiger partial charge on any atom is 0.246 e. The van der Waals surface area contributed by atoms with Crippen molar-refractivity contribution in [1.82, 2.24) is 20.3 Å². The number of rotatable bonds is 3. The SMILES string of the molecule is C/C(=C\C(=O)N1CCCC(O)(c2cn[nH]n2)C1)c1cccc(F)c1. The average molecular weight is 330 g/mol. The Bertz CT molecular complexity index is 760. The molecule has 0 bridgehead atoms. The third kappa shape index (κ3) is 3.35. The van der Waals surface area contributed by atoms with Crippen LogP contribution in [-0.2, 0) is 10.4 Å².